The Morgan fingerprint density at radius 1 is 1.19 bits per heavy atom. The van der Waals surface area contributed by atoms with Crippen LogP contribution >= 0.6 is 11.8 Å². The summed E-state index contributed by atoms with van der Waals surface area (Å²) in [6, 6.07) is 10.7. The zero-order chi connectivity index (χ0) is 11.9. The molecule has 0 saturated heterocycles. The van der Waals surface area contributed by atoms with Crippen molar-refractivity contribution in [3.8, 4) is 0 Å². The number of thioether (sulfide) groups is 1. The van der Waals surface area contributed by atoms with Gasteiger partial charge in [-0.25, -0.2) is 0 Å². The summed E-state index contributed by atoms with van der Waals surface area (Å²) < 4.78 is 0. The molecule has 0 aliphatic rings. The number of hydrogen-bond acceptors (Lipinski definition) is 2. The van der Waals surface area contributed by atoms with Gasteiger partial charge in [0.1, 0.15) is 0 Å². The van der Waals surface area contributed by atoms with Gasteiger partial charge in [-0.2, -0.15) is 11.8 Å². The van der Waals surface area contributed by atoms with Gasteiger partial charge in [0.2, 0.25) is 0 Å². The molecule has 0 atom stereocenters. The van der Waals surface area contributed by atoms with Crippen molar-refractivity contribution >= 4 is 11.8 Å². The van der Waals surface area contributed by atoms with Gasteiger partial charge in [0.15, 0.2) is 0 Å². The van der Waals surface area contributed by atoms with Gasteiger partial charge in [-0.15, -0.1) is 0 Å². The van der Waals surface area contributed by atoms with E-state index in [-0.39, 0.29) is 5.54 Å². The number of benzene rings is 1. The van der Waals surface area contributed by atoms with Gasteiger partial charge in [0.05, 0.1) is 0 Å². The van der Waals surface area contributed by atoms with Crippen molar-refractivity contribution in [3.63, 3.8) is 0 Å². The monoisotopic (exact) mass is 237 g/mol. The van der Waals surface area contributed by atoms with Crippen molar-refractivity contribution in [1.82, 2.24) is 5.32 Å². The molecule has 1 aromatic carbocycles. The Balaban J connectivity index is 2.09. The fourth-order valence-electron chi connectivity index (χ4n) is 1.35. The lowest BCUT2D eigenvalue weighted by atomic mass is 10.0. The van der Waals surface area contributed by atoms with Crippen LogP contribution in [0.15, 0.2) is 30.3 Å². The minimum absolute atomic E-state index is 0.285. The largest absolute Gasteiger partial charge is 0.311 e. The molecule has 2 heteroatoms. The average molecular weight is 237 g/mol. The molecule has 0 saturated carbocycles. The molecule has 0 aliphatic heterocycles. The maximum absolute atomic E-state index is 3.57. The van der Waals surface area contributed by atoms with Crippen LogP contribution in [0, 0.1) is 0 Å². The van der Waals surface area contributed by atoms with Gasteiger partial charge in [0.25, 0.3) is 0 Å². The highest BCUT2D eigenvalue weighted by Crippen LogP contribution is 2.12. The van der Waals surface area contributed by atoms with Crippen molar-refractivity contribution in [2.45, 2.75) is 38.5 Å². The molecule has 0 radical (unpaired) electrons. The summed E-state index contributed by atoms with van der Waals surface area (Å²) in [5.74, 6) is 2.30. The quantitative estimate of drug-likeness (QED) is 0.726. The summed E-state index contributed by atoms with van der Waals surface area (Å²) in [4.78, 5) is 0. The third-order valence-electron chi connectivity index (χ3n) is 2.85. The molecule has 0 aliphatic carbocycles. The van der Waals surface area contributed by atoms with Crippen LogP contribution < -0.4 is 5.32 Å². The molecule has 0 bridgehead atoms. The summed E-state index contributed by atoms with van der Waals surface area (Å²) >= 11 is 2.00. The van der Waals surface area contributed by atoms with E-state index in [4.69, 9.17) is 0 Å². The van der Waals surface area contributed by atoms with E-state index in [9.17, 15) is 0 Å². The van der Waals surface area contributed by atoms with Gasteiger partial charge in [-0.3, -0.25) is 0 Å². The lowest BCUT2D eigenvalue weighted by molar-refractivity contribution is 0.388. The van der Waals surface area contributed by atoms with Crippen LogP contribution in [-0.2, 0) is 5.75 Å². The second kappa shape index (κ2) is 6.97. The van der Waals surface area contributed by atoms with E-state index in [1.807, 2.05) is 11.8 Å². The van der Waals surface area contributed by atoms with Crippen LogP contribution in [0.4, 0.5) is 0 Å². The van der Waals surface area contributed by atoms with Crippen molar-refractivity contribution in [2.75, 3.05) is 12.3 Å². The first kappa shape index (κ1) is 13.6. The van der Waals surface area contributed by atoms with Crippen molar-refractivity contribution < 1.29 is 0 Å². The predicted molar refractivity (Wildman–Crippen MR) is 75.0 cm³/mol. The standard InChI is InChI=1S/C14H23NS/c1-4-14(2,3)15-10-11-16-12-13-8-6-5-7-9-13/h5-9,15H,4,10-12H2,1-3H3. The molecular formula is C14H23NS. The molecule has 0 spiro atoms. The maximum Gasteiger partial charge on any atom is 0.0185 e. The van der Waals surface area contributed by atoms with E-state index < -0.39 is 0 Å². The summed E-state index contributed by atoms with van der Waals surface area (Å²) in [5.41, 5.74) is 1.70. The zero-order valence-electron chi connectivity index (χ0n) is 10.6. The SMILES string of the molecule is CCC(C)(C)NCCSCc1ccccc1. The van der Waals surface area contributed by atoms with E-state index in [2.05, 4.69) is 56.4 Å². The average Bonchev–Trinajstić information content (AvgIpc) is 2.30. The van der Waals surface area contributed by atoms with Crippen molar-refractivity contribution in [1.29, 1.82) is 0 Å². The second-order valence-corrected chi connectivity index (χ2v) is 5.81. The molecule has 16 heavy (non-hydrogen) atoms. The lowest BCUT2D eigenvalue weighted by Gasteiger charge is -2.24. The molecule has 0 unspecified atom stereocenters. The highest BCUT2D eigenvalue weighted by molar-refractivity contribution is 7.98. The van der Waals surface area contributed by atoms with Gasteiger partial charge in [0, 0.05) is 23.6 Å². The number of rotatable bonds is 7. The Morgan fingerprint density at radius 3 is 2.50 bits per heavy atom. The van der Waals surface area contributed by atoms with Crippen LogP contribution in [0.1, 0.15) is 32.8 Å². The van der Waals surface area contributed by atoms with Gasteiger partial charge in [-0.05, 0) is 25.8 Å². The van der Waals surface area contributed by atoms with Crippen LogP contribution in [0.25, 0.3) is 0 Å². The van der Waals surface area contributed by atoms with Crippen molar-refractivity contribution in [2.24, 2.45) is 0 Å². The Hall–Kier alpha value is -0.470. The predicted octanol–water partition coefficient (Wildman–Crippen LogP) is 3.70. The topological polar surface area (TPSA) is 12.0 Å². The normalized spacial score (nSPS) is 11.7. The summed E-state index contributed by atoms with van der Waals surface area (Å²) in [5, 5.41) is 3.57. The van der Waals surface area contributed by atoms with Gasteiger partial charge >= 0.3 is 0 Å². The molecule has 1 aromatic rings. The van der Waals surface area contributed by atoms with Crippen LogP contribution in [-0.4, -0.2) is 17.8 Å². The van der Waals surface area contributed by atoms with E-state index in [0.717, 1.165) is 12.3 Å². The van der Waals surface area contributed by atoms with Crippen LogP contribution in [0.3, 0.4) is 0 Å². The molecule has 90 valence electrons. The lowest BCUT2D eigenvalue weighted by Crippen LogP contribution is -2.39. The fourth-order valence-corrected chi connectivity index (χ4v) is 2.17. The Morgan fingerprint density at radius 2 is 1.88 bits per heavy atom. The first-order valence-electron chi connectivity index (χ1n) is 6.01. The van der Waals surface area contributed by atoms with Gasteiger partial charge < -0.3 is 5.32 Å². The third-order valence-corrected chi connectivity index (χ3v) is 3.88. The highest BCUT2D eigenvalue weighted by Gasteiger charge is 2.12. The van der Waals surface area contributed by atoms with Crippen molar-refractivity contribution in [3.05, 3.63) is 35.9 Å². The maximum atomic E-state index is 3.57. The fraction of sp³-hybridized carbons (Fsp3) is 0.571. The Labute approximate surface area is 104 Å². The third kappa shape index (κ3) is 5.57. The first-order chi connectivity index (χ1) is 7.64. The summed E-state index contributed by atoms with van der Waals surface area (Å²) in [6.07, 6.45) is 1.18. The Kier molecular flexibility index (Phi) is 5.93. The van der Waals surface area contributed by atoms with Crippen LogP contribution in [0.5, 0.6) is 0 Å². The number of hydrogen-bond donors (Lipinski definition) is 1. The Bertz CT molecular complexity index is 282. The second-order valence-electron chi connectivity index (χ2n) is 4.70. The minimum atomic E-state index is 0.285. The molecule has 0 heterocycles. The van der Waals surface area contributed by atoms with E-state index in [0.29, 0.717) is 0 Å². The molecule has 1 rings (SSSR count). The minimum Gasteiger partial charge on any atom is -0.311 e. The zero-order valence-corrected chi connectivity index (χ0v) is 11.4. The molecule has 0 amide bonds. The van der Waals surface area contributed by atoms with E-state index >= 15 is 0 Å². The summed E-state index contributed by atoms with van der Waals surface area (Å²) in [7, 11) is 0. The first-order valence-corrected chi connectivity index (χ1v) is 7.16. The van der Waals surface area contributed by atoms with E-state index in [1.165, 1.54) is 17.7 Å². The smallest absolute Gasteiger partial charge is 0.0185 e. The molecule has 0 fully saturated rings. The molecular weight excluding hydrogens is 214 g/mol. The number of nitrogens with one attached hydrogen (secondary N) is 1. The molecule has 1 nitrogen and oxygen atoms in total. The van der Waals surface area contributed by atoms with Crippen LogP contribution in [0.2, 0.25) is 0 Å². The molecule has 1 N–H and O–H groups in total. The molecule has 0 aromatic heterocycles. The summed E-state index contributed by atoms with van der Waals surface area (Å²) in [6.45, 7) is 7.84. The van der Waals surface area contributed by atoms with Gasteiger partial charge in [-0.1, -0.05) is 37.3 Å². The van der Waals surface area contributed by atoms with E-state index in [1.54, 1.807) is 0 Å². The highest BCUT2D eigenvalue weighted by atomic mass is 32.2.